The summed E-state index contributed by atoms with van der Waals surface area (Å²) in [7, 11) is 1.75. The van der Waals surface area contributed by atoms with Gasteiger partial charge < -0.3 is 15.0 Å². The summed E-state index contributed by atoms with van der Waals surface area (Å²) < 4.78 is 5.47. The van der Waals surface area contributed by atoms with Crippen LogP contribution in [-0.2, 0) is 16.0 Å². The molecular weight excluding hydrogens is 358 g/mol. The second-order valence-electron chi connectivity index (χ2n) is 6.96. The van der Waals surface area contributed by atoms with Crippen LogP contribution in [0.5, 0.6) is 0 Å². The number of nitro benzene ring substituents is 1. The van der Waals surface area contributed by atoms with Gasteiger partial charge >= 0.3 is 0 Å². The fourth-order valence-corrected chi connectivity index (χ4v) is 3.39. The SMILES string of the molecule is COC1CCCN(c2ccc(NC(=O)CCc3ccc([N+](=O)[O-])cc3)cc2)C1. The zero-order chi connectivity index (χ0) is 19.9. The van der Waals surface area contributed by atoms with Crippen LogP contribution in [0.15, 0.2) is 48.5 Å². The third-order valence-corrected chi connectivity index (χ3v) is 5.02. The highest BCUT2D eigenvalue weighted by molar-refractivity contribution is 5.91. The van der Waals surface area contributed by atoms with E-state index < -0.39 is 4.92 Å². The first-order valence-electron chi connectivity index (χ1n) is 9.46. The first-order chi connectivity index (χ1) is 13.5. The highest BCUT2D eigenvalue weighted by Gasteiger charge is 2.19. The number of ether oxygens (including phenoxy) is 1. The van der Waals surface area contributed by atoms with E-state index in [1.807, 2.05) is 24.3 Å². The normalized spacial score (nSPS) is 16.6. The number of anilines is 2. The van der Waals surface area contributed by atoms with Gasteiger partial charge in [-0.05, 0) is 49.1 Å². The van der Waals surface area contributed by atoms with Crippen LogP contribution in [0, 0.1) is 10.1 Å². The number of rotatable bonds is 7. The van der Waals surface area contributed by atoms with Crippen LogP contribution in [0.25, 0.3) is 0 Å². The van der Waals surface area contributed by atoms with Crippen molar-refractivity contribution in [1.29, 1.82) is 0 Å². The molecule has 0 aliphatic carbocycles. The second kappa shape index (κ2) is 9.32. The van der Waals surface area contributed by atoms with Crippen LogP contribution in [-0.4, -0.2) is 37.1 Å². The molecule has 0 aromatic heterocycles. The van der Waals surface area contributed by atoms with Gasteiger partial charge in [-0.1, -0.05) is 12.1 Å². The number of nitrogens with zero attached hydrogens (tertiary/aromatic N) is 2. The molecule has 7 heteroatoms. The Bertz CT molecular complexity index is 805. The number of hydrogen-bond acceptors (Lipinski definition) is 5. The Balaban J connectivity index is 1.49. The number of hydrogen-bond donors (Lipinski definition) is 1. The Morgan fingerprint density at radius 3 is 2.57 bits per heavy atom. The molecule has 0 saturated carbocycles. The number of piperidine rings is 1. The molecule has 7 nitrogen and oxygen atoms in total. The molecule has 148 valence electrons. The van der Waals surface area contributed by atoms with Crippen molar-refractivity contribution in [2.75, 3.05) is 30.4 Å². The summed E-state index contributed by atoms with van der Waals surface area (Å²) in [6, 6.07) is 14.2. The average Bonchev–Trinajstić information content (AvgIpc) is 2.73. The zero-order valence-electron chi connectivity index (χ0n) is 16.0. The quantitative estimate of drug-likeness (QED) is 0.581. The number of non-ortho nitro benzene ring substituents is 1. The monoisotopic (exact) mass is 383 g/mol. The van der Waals surface area contributed by atoms with Gasteiger partial charge in [-0.25, -0.2) is 0 Å². The molecule has 0 bridgehead atoms. The van der Waals surface area contributed by atoms with E-state index in [0.29, 0.717) is 12.8 Å². The molecule has 1 aliphatic heterocycles. The standard InChI is InChI=1S/C21H25N3O4/c1-28-20-3-2-14-23(15-20)18-11-7-17(8-12-18)22-21(25)13-6-16-4-9-19(10-5-16)24(26)27/h4-5,7-12,20H,2-3,6,13-15H2,1H3,(H,22,25). The van der Waals surface area contributed by atoms with E-state index in [9.17, 15) is 14.9 Å². The fourth-order valence-electron chi connectivity index (χ4n) is 3.39. The molecule has 1 amide bonds. The van der Waals surface area contributed by atoms with Crippen molar-refractivity contribution in [3.63, 3.8) is 0 Å². The Hall–Kier alpha value is -2.93. The molecule has 0 radical (unpaired) electrons. The van der Waals surface area contributed by atoms with Crippen molar-refractivity contribution in [3.05, 3.63) is 64.2 Å². The second-order valence-corrected chi connectivity index (χ2v) is 6.96. The maximum Gasteiger partial charge on any atom is 0.269 e. The maximum absolute atomic E-state index is 12.2. The molecule has 0 spiro atoms. The Morgan fingerprint density at radius 2 is 1.93 bits per heavy atom. The van der Waals surface area contributed by atoms with Gasteiger partial charge in [-0.3, -0.25) is 14.9 Å². The van der Waals surface area contributed by atoms with Crippen molar-refractivity contribution in [2.24, 2.45) is 0 Å². The molecule has 1 atom stereocenters. The summed E-state index contributed by atoms with van der Waals surface area (Å²) in [5.41, 5.74) is 2.84. The molecule has 1 fully saturated rings. The largest absolute Gasteiger partial charge is 0.380 e. The number of nitrogens with one attached hydrogen (secondary N) is 1. The lowest BCUT2D eigenvalue weighted by Crippen LogP contribution is -2.39. The molecule has 2 aromatic carbocycles. The molecule has 1 N–H and O–H groups in total. The van der Waals surface area contributed by atoms with Crippen LogP contribution < -0.4 is 10.2 Å². The summed E-state index contributed by atoms with van der Waals surface area (Å²) in [6.45, 7) is 1.90. The van der Waals surface area contributed by atoms with Crippen molar-refractivity contribution in [2.45, 2.75) is 31.8 Å². The average molecular weight is 383 g/mol. The summed E-state index contributed by atoms with van der Waals surface area (Å²) in [5, 5.41) is 13.6. The molecule has 3 rings (SSSR count). The maximum atomic E-state index is 12.2. The smallest absolute Gasteiger partial charge is 0.269 e. The minimum absolute atomic E-state index is 0.0545. The molecule has 1 unspecified atom stereocenters. The van der Waals surface area contributed by atoms with Crippen molar-refractivity contribution in [1.82, 2.24) is 0 Å². The van der Waals surface area contributed by atoms with E-state index in [2.05, 4.69) is 10.2 Å². The molecule has 1 aliphatic rings. The van der Waals surface area contributed by atoms with Gasteiger partial charge in [0.15, 0.2) is 0 Å². The minimum Gasteiger partial charge on any atom is -0.380 e. The number of amides is 1. The van der Waals surface area contributed by atoms with Gasteiger partial charge in [0.05, 0.1) is 11.0 Å². The van der Waals surface area contributed by atoms with E-state index in [1.54, 1.807) is 19.2 Å². The van der Waals surface area contributed by atoms with Gasteiger partial charge in [0, 0.05) is 50.1 Å². The third kappa shape index (κ3) is 5.29. The number of carbonyl (C=O) groups excluding carboxylic acids is 1. The van der Waals surface area contributed by atoms with Crippen LogP contribution in [0.4, 0.5) is 17.1 Å². The van der Waals surface area contributed by atoms with Crippen molar-refractivity contribution in [3.8, 4) is 0 Å². The summed E-state index contributed by atoms with van der Waals surface area (Å²) in [6.07, 6.45) is 3.33. The number of aryl methyl sites for hydroxylation is 1. The van der Waals surface area contributed by atoms with E-state index in [4.69, 9.17) is 4.74 Å². The predicted molar refractivity (Wildman–Crippen MR) is 109 cm³/mol. The van der Waals surface area contributed by atoms with E-state index >= 15 is 0 Å². The lowest BCUT2D eigenvalue weighted by molar-refractivity contribution is -0.384. The lowest BCUT2D eigenvalue weighted by atomic mass is 10.1. The molecular formula is C21H25N3O4. The minimum atomic E-state index is -0.431. The zero-order valence-corrected chi connectivity index (χ0v) is 16.0. The van der Waals surface area contributed by atoms with E-state index in [-0.39, 0.29) is 17.7 Å². The number of methoxy groups -OCH3 is 1. The lowest BCUT2D eigenvalue weighted by Gasteiger charge is -2.33. The van der Waals surface area contributed by atoms with Gasteiger partial charge in [0.25, 0.3) is 5.69 Å². The number of carbonyl (C=O) groups is 1. The van der Waals surface area contributed by atoms with Crippen LogP contribution in [0.2, 0.25) is 0 Å². The predicted octanol–water partition coefficient (Wildman–Crippen LogP) is 3.78. The third-order valence-electron chi connectivity index (χ3n) is 5.02. The summed E-state index contributed by atoms with van der Waals surface area (Å²) in [5.74, 6) is -0.0801. The van der Waals surface area contributed by atoms with Gasteiger partial charge in [0.1, 0.15) is 0 Å². The van der Waals surface area contributed by atoms with Crippen LogP contribution in [0.3, 0.4) is 0 Å². The van der Waals surface area contributed by atoms with E-state index in [1.165, 1.54) is 12.1 Å². The Kier molecular flexibility index (Phi) is 6.60. The van der Waals surface area contributed by atoms with Crippen LogP contribution in [0.1, 0.15) is 24.8 Å². The Morgan fingerprint density at radius 1 is 1.21 bits per heavy atom. The van der Waals surface area contributed by atoms with E-state index in [0.717, 1.165) is 42.9 Å². The fraction of sp³-hybridized carbons (Fsp3) is 0.381. The van der Waals surface area contributed by atoms with Gasteiger partial charge in [0.2, 0.25) is 5.91 Å². The van der Waals surface area contributed by atoms with Crippen LogP contribution >= 0.6 is 0 Å². The summed E-state index contributed by atoms with van der Waals surface area (Å²) in [4.78, 5) is 24.7. The highest BCUT2D eigenvalue weighted by Crippen LogP contribution is 2.23. The molecule has 1 heterocycles. The van der Waals surface area contributed by atoms with Crippen molar-refractivity contribution < 1.29 is 14.5 Å². The van der Waals surface area contributed by atoms with Gasteiger partial charge in [-0.15, -0.1) is 0 Å². The topological polar surface area (TPSA) is 84.7 Å². The first kappa shape index (κ1) is 19.8. The number of nitro groups is 1. The molecule has 2 aromatic rings. The molecule has 28 heavy (non-hydrogen) atoms. The summed E-state index contributed by atoms with van der Waals surface area (Å²) >= 11 is 0. The highest BCUT2D eigenvalue weighted by atomic mass is 16.6. The number of benzene rings is 2. The van der Waals surface area contributed by atoms with Gasteiger partial charge in [-0.2, -0.15) is 0 Å². The molecule has 1 saturated heterocycles. The Labute approximate surface area is 164 Å². The first-order valence-corrected chi connectivity index (χ1v) is 9.46. The van der Waals surface area contributed by atoms with Crippen molar-refractivity contribution >= 4 is 23.0 Å².